The van der Waals surface area contributed by atoms with Gasteiger partial charge in [0, 0.05) is 19.1 Å². The molecule has 2 heterocycles. The van der Waals surface area contributed by atoms with Crippen LogP contribution in [0.4, 0.5) is 0 Å². The average molecular weight is 292 g/mol. The Balaban J connectivity index is 1.50. The van der Waals surface area contributed by atoms with E-state index in [4.69, 9.17) is 0 Å². The highest BCUT2D eigenvalue weighted by molar-refractivity contribution is 5.36. The van der Waals surface area contributed by atoms with Crippen molar-refractivity contribution in [3.8, 4) is 0 Å². The highest BCUT2D eigenvalue weighted by Crippen LogP contribution is 2.22. The molecule has 2 N–H and O–H groups in total. The van der Waals surface area contributed by atoms with Crippen LogP contribution in [0.3, 0.4) is 0 Å². The van der Waals surface area contributed by atoms with Gasteiger partial charge in [0.2, 0.25) is 0 Å². The predicted octanol–water partition coefficient (Wildman–Crippen LogP) is 2.90. The van der Waals surface area contributed by atoms with Crippen LogP contribution in [0.2, 0.25) is 0 Å². The second kappa shape index (κ2) is 5.86. The first-order chi connectivity index (χ1) is 10.8. The second-order valence-electron chi connectivity index (χ2n) is 6.79. The maximum Gasteiger partial charge on any atom is 0.0211 e. The van der Waals surface area contributed by atoms with Crippen LogP contribution in [0.5, 0.6) is 0 Å². The van der Waals surface area contributed by atoms with Gasteiger partial charge in [-0.3, -0.25) is 0 Å². The molecule has 1 atom stereocenters. The Kier molecular flexibility index (Phi) is 3.73. The predicted molar refractivity (Wildman–Crippen MR) is 91.1 cm³/mol. The third-order valence-corrected chi connectivity index (χ3v) is 5.05. The molecule has 0 bridgehead atoms. The zero-order valence-corrected chi connectivity index (χ0v) is 13.3. The molecule has 0 saturated carbocycles. The van der Waals surface area contributed by atoms with Crippen LogP contribution >= 0.6 is 0 Å². The summed E-state index contributed by atoms with van der Waals surface area (Å²) < 4.78 is 0. The molecule has 2 heteroatoms. The van der Waals surface area contributed by atoms with Crippen molar-refractivity contribution >= 4 is 0 Å². The molecule has 0 aliphatic carbocycles. The Morgan fingerprint density at radius 2 is 1.86 bits per heavy atom. The Hall–Kier alpha value is -1.64. The van der Waals surface area contributed by atoms with Crippen molar-refractivity contribution in [2.45, 2.75) is 45.3 Å². The number of hydrogen-bond acceptors (Lipinski definition) is 2. The van der Waals surface area contributed by atoms with E-state index in [1.54, 1.807) is 0 Å². The molecule has 0 aromatic heterocycles. The zero-order chi connectivity index (χ0) is 14.9. The van der Waals surface area contributed by atoms with E-state index in [9.17, 15) is 0 Å². The molecule has 2 aromatic rings. The smallest absolute Gasteiger partial charge is 0.0211 e. The first kappa shape index (κ1) is 14.0. The number of benzene rings is 2. The zero-order valence-electron chi connectivity index (χ0n) is 13.3. The van der Waals surface area contributed by atoms with Crippen molar-refractivity contribution in [3.63, 3.8) is 0 Å². The molecule has 2 aliphatic heterocycles. The van der Waals surface area contributed by atoms with Crippen LogP contribution in [-0.4, -0.2) is 12.6 Å². The highest BCUT2D eigenvalue weighted by Gasteiger charge is 2.19. The van der Waals surface area contributed by atoms with E-state index in [1.165, 1.54) is 39.8 Å². The van der Waals surface area contributed by atoms with E-state index < -0.39 is 0 Å². The van der Waals surface area contributed by atoms with Gasteiger partial charge >= 0.3 is 0 Å². The quantitative estimate of drug-likeness (QED) is 0.889. The van der Waals surface area contributed by atoms with Gasteiger partial charge in [0.05, 0.1) is 0 Å². The summed E-state index contributed by atoms with van der Waals surface area (Å²) in [6, 6.07) is 14.5. The van der Waals surface area contributed by atoms with E-state index >= 15 is 0 Å². The summed E-state index contributed by atoms with van der Waals surface area (Å²) >= 11 is 0. The molecule has 4 rings (SSSR count). The lowest BCUT2D eigenvalue weighted by Crippen LogP contribution is -2.37. The van der Waals surface area contributed by atoms with Gasteiger partial charge in [-0.25, -0.2) is 0 Å². The van der Waals surface area contributed by atoms with Crippen LogP contribution in [-0.2, 0) is 32.4 Å². The monoisotopic (exact) mass is 292 g/mol. The average Bonchev–Trinajstić information content (AvgIpc) is 2.54. The first-order valence-corrected chi connectivity index (χ1v) is 8.41. The summed E-state index contributed by atoms with van der Waals surface area (Å²) in [5, 5.41) is 7.18. The Bertz CT molecular complexity index is 690. The topological polar surface area (TPSA) is 24.1 Å². The molecule has 2 aromatic carbocycles. The molecule has 0 saturated heterocycles. The van der Waals surface area contributed by atoms with Gasteiger partial charge in [0.25, 0.3) is 0 Å². The summed E-state index contributed by atoms with van der Waals surface area (Å²) in [5.74, 6) is 0. The fraction of sp³-hybridized carbons (Fsp3) is 0.400. The molecule has 114 valence electrons. The standard InChI is InChI=1S/C20H24N2/c1-14-2-4-17-13-22-20(11-18(17)8-14)10-15-3-5-16-6-7-21-12-19(16)9-15/h2-5,8-9,20-22H,6-7,10-13H2,1H3. The molecule has 2 aliphatic rings. The number of hydrogen-bond donors (Lipinski definition) is 2. The minimum atomic E-state index is 0.559. The van der Waals surface area contributed by atoms with Crippen LogP contribution in [0.1, 0.15) is 33.4 Å². The van der Waals surface area contributed by atoms with Crippen molar-refractivity contribution in [1.29, 1.82) is 0 Å². The van der Waals surface area contributed by atoms with E-state index in [1.807, 2.05) is 0 Å². The number of rotatable bonds is 2. The van der Waals surface area contributed by atoms with Gasteiger partial charge < -0.3 is 10.6 Å². The van der Waals surface area contributed by atoms with Crippen molar-refractivity contribution in [1.82, 2.24) is 10.6 Å². The number of nitrogens with one attached hydrogen (secondary N) is 2. The van der Waals surface area contributed by atoms with Gasteiger partial charge in [-0.2, -0.15) is 0 Å². The second-order valence-corrected chi connectivity index (χ2v) is 6.79. The van der Waals surface area contributed by atoms with Gasteiger partial charge in [-0.1, -0.05) is 42.0 Å². The van der Waals surface area contributed by atoms with Crippen LogP contribution in [0.15, 0.2) is 36.4 Å². The summed E-state index contributed by atoms with van der Waals surface area (Å²) in [6.45, 7) is 5.34. The fourth-order valence-corrected chi connectivity index (χ4v) is 3.80. The summed E-state index contributed by atoms with van der Waals surface area (Å²) in [7, 11) is 0. The lowest BCUT2D eigenvalue weighted by atomic mass is 9.90. The lowest BCUT2D eigenvalue weighted by Gasteiger charge is -2.27. The van der Waals surface area contributed by atoms with E-state index in [-0.39, 0.29) is 0 Å². The minimum Gasteiger partial charge on any atom is -0.312 e. The van der Waals surface area contributed by atoms with Gasteiger partial charge in [-0.15, -0.1) is 0 Å². The maximum atomic E-state index is 3.71. The largest absolute Gasteiger partial charge is 0.312 e. The summed E-state index contributed by atoms with van der Waals surface area (Å²) in [6.07, 6.45) is 3.44. The van der Waals surface area contributed by atoms with E-state index in [0.29, 0.717) is 6.04 Å². The normalized spacial score (nSPS) is 20.3. The van der Waals surface area contributed by atoms with Gasteiger partial charge in [0.15, 0.2) is 0 Å². The number of aryl methyl sites for hydroxylation is 1. The van der Waals surface area contributed by atoms with Gasteiger partial charge in [-0.05, 0) is 60.5 Å². The van der Waals surface area contributed by atoms with Crippen molar-refractivity contribution in [2.75, 3.05) is 6.54 Å². The highest BCUT2D eigenvalue weighted by atomic mass is 14.9. The third-order valence-electron chi connectivity index (χ3n) is 5.05. The van der Waals surface area contributed by atoms with Crippen molar-refractivity contribution < 1.29 is 0 Å². The van der Waals surface area contributed by atoms with Gasteiger partial charge in [0.1, 0.15) is 0 Å². The summed E-state index contributed by atoms with van der Waals surface area (Å²) in [5.41, 5.74) is 8.87. The van der Waals surface area contributed by atoms with Crippen molar-refractivity contribution in [3.05, 3.63) is 69.8 Å². The van der Waals surface area contributed by atoms with Crippen LogP contribution < -0.4 is 10.6 Å². The third kappa shape index (κ3) is 2.81. The molecule has 22 heavy (non-hydrogen) atoms. The molecule has 2 nitrogen and oxygen atoms in total. The minimum absolute atomic E-state index is 0.559. The van der Waals surface area contributed by atoms with E-state index in [0.717, 1.165) is 32.5 Å². The Morgan fingerprint density at radius 1 is 0.955 bits per heavy atom. The van der Waals surface area contributed by atoms with Crippen molar-refractivity contribution in [2.24, 2.45) is 0 Å². The maximum absolute atomic E-state index is 3.71. The van der Waals surface area contributed by atoms with Crippen LogP contribution in [0.25, 0.3) is 0 Å². The SMILES string of the molecule is Cc1ccc2c(c1)CC(Cc1ccc3c(c1)CNCC3)NC2. The molecule has 0 spiro atoms. The molecule has 0 radical (unpaired) electrons. The fourth-order valence-electron chi connectivity index (χ4n) is 3.80. The molecule has 0 amide bonds. The number of fused-ring (bicyclic) bond motifs is 2. The van der Waals surface area contributed by atoms with Crippen LogP contribution in [0, 0.1) is 6.92 Å². The lowest BCUT2D eigenvalue weighted by molar-refractivity contribution is 0.476. The molecular formula is C20H24N2. The van der Waals surface area contributed by atoms with E-state index in [2.05, 4.69) is 54.0 Å². The molecule has 0 fully saturated rings. The Labute approximate surface area is 132 Å². The summed E-state index contributed by atoms with van der Waals surface area (Å²) in [4.78, 5) is 0. The first-order valence-electron chi connectivity index (χ1n) is 8.41. The molecule has 1 unspecified atom stereocenters. The molecular weight excluding hydrogens is 268 g/mol. The Morgan fingerprint density at radius 3 is 2.82 bits per heavy atom.